The smallest absolute Gasteiger partial charge is 0.412 e. The van der Waals surface area contributed by atoms with E-state index in [1.807, 2.05) is 0 Å². The first-order valence-corrected chi connectivity index (χ1v) is 10.3. The monoisotopic (exact) mass is 413 g/mol. The summed E-state index contributed by atoms with van der Waals surface area (Å²) in [5.74, 6) is -0.458. The van der Waals surface area contributed by atoms with Crippen LogP contribution in [0.5, 0.6) is 0 Å². The molecule has 10 nitrogen and oxygen atoms in total. The maximum absolute atomic E-state index is 12.2. The van der Waals surface area contributed by atoms with Crippen molar-refractivity contribution in [2.45, 2.75) is 26.4 Å². The molecule has 3 N–H and O–H groups in total. The quantitative estimate of drug-likeness (QED) is 0.684. The number of aromatic nitrogens is 2. The zero-order valence-electron chi connectivity index (χ0n) is 15.1. The molecular formula is C15H19N5O5S2. The van der Waals surface area contributed by atoms with Crippen molar-refractivity contribution in [3.63, 3.8) is 0 Å². The number of anilines is 3. The summed E-state index contributed by atoms with van der Waals surface area (Å²) in [6.07, 6.45) is 0.388. The highest BCUT2D eigenvalue weighted by atomic mass is 32.2. The molecule has 0 saturated heterocycles. The Bertz CT molecular complexity index is 932. The van der Waals surface area contributed by atoms with E-state index in [4.69, 9.17) is 4.74 Å². The summed E-state index contributed by atoms with van der Waals surface area (Å²) in [5.41, 5.74) is 0.171. The summed E-state index contributed by atoms with van der Waals surface area (Å²) in [4.78, 5) is 23.9. The number of benzene rings is 1. The van der Waals surface area contributed by atoms with Gasteiger partial charge in [0.2, 0.25) is 20.3 Å². The minimum Gasteiger partial charge on any atom is -0.444 e. The summed E-state index contributed by atoms with van der Waals surface area (Å²) in [6.45, 7) is 5.26. The van der Waals surface area contributed by atoms with Gasteiger partial charge in [-0.3, -0.25) is 20.2 Å². The van der Waals surface area contributed by atoms with E-state index in [0.29, 0.717) is 11.3 Å². The molecule has 0 aliphatic rings. The predicted octanol–water partition coefficient (Wildman–Crippen LogP) is 2.51. The maximum Gasteiger partial charge on any atom is 0.412 e. The lowest BCUT2D eigenvalue weighted by molar-refractivity contribution is 0.0635. The number of carbonyl (C=O) groups excluding carboxylic acids is 2. The number of rotatable bonds is 5. The van der Waals surface area contributed by atoms with Gasteiger partial charge in [0.1, 0.15) is 5.60 Å². The molecule has 0 spiro atoms. The van der Waals surface area contributed by atoms with Gasteiger partial charge in [-0.05, 0) is 45.0 Å². The fraction of sp³-hybridized carbons (Fsp3) is 0.333. The highest BCUT2D eigenvalue weighted by molar-refractivity contribution is 7.92. The Morgan fingerprint density at radius 2 is 1.63 bits per heavy atom. The Balaban J connectivity index is 1.96. The number of carbonyl (C=O) groups is 2. The minimum absolute atomic E-state index is 0.0460. The van der Waals surface area contributed by atoms with Crippen LogP contribution in [-0.4, -0.2) is 42.5 Å². The Morgan fingerprint density at radius 3 is 2.19 bits per heavy atom. The summed E-state index contributed by atoms with van der Waals surface area (Å²) in [6, 6.07) is 6.13. The van der Waals surface area contributed by atoms with Crippen LogP contribution in [0, 0.1) is 0 Å². The number of hydrogen-bond donors (Lipinski definition) is 3. The fourth-order valence-corrected chi connectivity index (χ4v) is 3.24. The fourth-order valence-electron chi connectivity index (χ4n) is 1.77. The molecular weight excluding hydrogens is 394 g/mol. The largest absolute Gasteiger partial charge is 0.444 e. The van der Waals surface area contributed by atoms with Crippen LogP contribution in [0.4, 0.5) is 20.7 Å². The minimum atomic E-state index is -3.47. The normalized spacial score (nSPS) is 11.6. The molecule has 1 heterocycles. The van der Waals surface area contributed by atoms with Crippen LogP contribution in [0.3, 0.4) is 0 Å². The Kier molecular flexibility index (Phi) is 6.01. The third kappa shape index (κ3) is 7.19. The van der Waals surface area contributed by atoms with Crippen molar-refractivity contribution in [2.75, 3.05) is 21.6 Å². The van der Waals surface area contributed by atoms with Gasteiger partial charge in [0.25, 0.3) is 5.91 Å². The molecule has 27 heavy (non-hydrogen) atoms. The lowest BCUT2D eigenvalue weighted by atomic mass is 10.2. The molecule has 2 rings (SSSR count). The first-order valence-electron chi connectivity index (χ1n) is 7.64. The molecule has 0 unspecified atom stereocenters. The van der Waals surface area contributed by atoms with E-state index in [9.17, 15) is 18.0 Å². The van der Waals surface area contributed by atoms with Crippen molar-refractivity contribution in [3.05, 3.63) is 29.8 Å². The van der Waals surface area contributed by atoms with E-state index < -0.39 is 27.6 Å². The van der Waals surface area contributed by atoms with E-state index >= 15 is 0 Å². The molecule has 1 aromatic heterocycles. The van der Waals surface area contributed by atoms with Gasteiger partial charge in [-0.15, -0.1) is 10.2 Å². The molecule has 12 heteroatoms. The second-order valence-electron chi connectivity index (χ2n) is 6.44. The average molecular weight is 413 g/mol. The molecule has 0 bridgehead atoms. The number of ether oxygens (including phenoxy) is 1. The average Bonchev–Trinajstić information content (AvgIpc) is 2.90. The Labute approximate surface area is 160 Å². The van der Waals surface area contributed by atoms with Crippen molar-refractivity contribution < 1.29 is 22.7 Å². The molecule has 2 aromatic rings. The number of nitrogens with one attached hydrogen (secondary N) is 3. The van der Waals surface area contributed by atoms with Crippen LogP contribution in [0.15, 0.2) is 24.3 Å². The number of hydrogen-bond acceptors (Lipinski definition) is 8. The topological polar surface area (TPSA) is 139 Å². The zero-order chi connectivity index (χ0) is 20.2. The predicted molar refractivity (Wildman–Crippen MR) is 103 cm³/mol. The number of sulfonamides is 1. The van der Waals surface area contributed by atoms with E-state index in [1.165, 1.54) is 12.1 Å². The summed E-state index contributed by atoms with van der Waals surface area (Å²) >= 11 is 0.882. The van der Waals surface area contributed by atoms with Crippen LogP contribution >= 0.6 is 11.3 Å². The van der Waals surface area contributed by atoms with Crippen LogP contribution in [0.1, 0.15) is 31.1 Å². The molecule has 2 amide bonds. The molecule has 146 valence electrons. The lowest BCUT2D eigenvalue weighted by Crippen LogP contribution is -2.27. The van der Waals surface area contributed by atoms with Crippen molar-refractivity contribution in [1.82, 2.24) is 10.2 Å². The summed E-state index contributed by atoms with van der Waals surface area (Å²) in [7, 11) is -3.47. The van der Waals surface area contributed by atoms with E-state index in [0.717, 1.165) is 17.6 Å². The molecule has 0 saturated carbocycles. The Hall–Kier alpha value is -2.73. The first-order chi connectivity index (χ1) is 12.4. The Morgan fingerprint density at radius 1 is 1.04 bits per heavy atom. The SMILES string of the molecule is CC(C)(C)OC(=O)Nc1ccc(C(=O)Nc2nnc(NS(C)(=O)=O)s2)cc1. The van der Waals surface area contributed by atoms with Gasteiger partial charge in [0, 0.05) is 11.3 Å². The standard InChI is InChI=1S/C15H19N5O5S2/c1-15(2,3)25-14(22)16-10-7-5-9(6-8-10)11(21)17-12-18-19-13(26-12)20-27(4,23)24/h5-8H,1-4H3,(H,16,22)(H,19,20)(H,17,18,21). The van der Waals surface area contributed by atoms with E-state index in [2.05, 4.69) is 25.6 Å². The van der Waals surface area contributed by atoms with Gasteiger partial charge < -0.3 is 4.74 Å². The van der Waals surface area contributed by atoms with Gasteiger partial charge in [-0.2, -0.15) is 0 Å². The molecule has 0 atom stereocenters. The van der Waals surface area contributed by atoms with Crippen LogP contribution < -0.4 is 15.4 Å². The first kappa shape index (κ1) is 20.6. The molecule has 0 aliphatic carbocycles. The zero-order valence-corrected chi connectivity index (χ0v) is 16.7. The molecule has 0 radical (unpaired) electrons. The molecule has 1 aromatic carbocycles. The summed E-state index contributed by atoms with van der Waals surface area (Å²) < 4.78 is 29.6. The van der Waals surface area contributed by atoms with Crippen LogP contribution in [0.25, 0.3) is 0 Å². The molecule has 0 fully saturated rings. The van der Waals surface area contributed by atoms with Gasteiger partial charge in [0.05, 0.1) is 6.26 Å². The number of amides is 2. The van der Waals surface area contributed by atoms with Crippen LogP contribution in [-0.2, 0) is 14.8 Å². The summed E-state index contributed by atoms with van der Waals surface area (Å²) in [5, 5.41) is 12.6. The van der Waals surface area contributed by atoms with Gasteiger partial charge in [-0.1, -0.05) is 11.3 Å². The third-order valence-corrected chi connectivity index (χ3v) is 4.16. The molecule has 0 aliphatic heterocycles. The van der Waals surface area contributed by atoms with Crippen molar-refractivity contribution in [2.24, 2.45) is 0 Å². The maximum atomic E-state index is 12.2. The number of nitrogens with zero attached hydrogens (tertiary/aromatic N) is 2. The van der Waals surface area contributed by atoms with Gasteiger partial charge >= 0.3 is 6.09 Å². The van der Waals surface area contributed by atoms with E-state index in [-0.39, 0.29) is 10.3 Å². The van der Waals surface area contributed by atoms with Crippen molar-refractivity contribution in [3.8, 4) is 0 Å². The lowest BCUT2D eigenvalue weighted by Gasteiger charge is -2.19. The highest BCUT2D eigenvalue weighted by Crippen LogP contribution is 2.21. The second kappa shape index (κ2) is 7.88. The van der Waals surface area contributed by atoms with Crippen molar-refractivity contribution >= 4 is 49.3 Å². The van der Waals surface area contributed by atoms with E-state index in [1.54, 1.807) is 32.9 Å². The van der Waals surface area contributed by atoms with Gasteiger partial charge in [0.15, 0.2) is 0 Å². The van der Waals surface area contributed by atoms with Gasteiger partial charge in [-0.25, -0.2) is 13.2 Å². The van der Waals surface area contributed by atoms with Crippen LogP contribution in [0.2, 0.25) is 0 Å². The highest BCUT2D eigenvalue weighted by Gasteiger charge is 2.16. The second-order valence-corrected chi connectivity index (χ2v) is 9.17. The third-order valence-electron chi connectivity index (χ3n) is 2.71. The van der Waals surface area contributed by atoms with Crippen molar-refractivity contribution in [1.29, 1.82) is 0 Å².